The molecule has 4 heterocycles. The molecule has 1 amide bonds. The second-order valence-corrected chi connectivity index (χ2v) is 9.34. The van der Waals surface area contributed by atoms with E-state index in [1.807, 2.05) is 17.0 Å². The molecule has 1 fully saturated rings. The Morgan fingerprint density at radius 1 is 1.28 bits per heavy atom. The largest absolute Gasteiger partial charge is 0.491 e. The van der Waals surface area contributed by atoms with Gasteiger partial charge in [0, 0.05) is 37.9 Å². The number of hydrogen-bond donors (Lipinski definition) is 2. The van der Waals surface area contributed by atoms with Crippen LogP contribution in [0.1, 0.15) is 22.3 Å². The fraction of sp³-hybridized carbons (Fsp3) is 0.417. The molecule has 0 saturated carbocycles. The van der Waals surface area contributed by atoms with E-state index in [0.29, 0.717) is 58.7 Å². The number of anilines is 1. The summed E-state index contributed by atoms with van der Waals surface area (Å²) in [7, 11) is 1.59. The van der Waals surface area contributed by atoms with Crippen LogP contribution in [0.5, 0.6) is 11.5 Å². The maximum atomic E-state index is 13.0. The van der Waals surface area contributed by atoms with Crippen LogP contribution in [0.4, 0.5) is 11.5 Å². The standard InChI is InChI=1S/C24H28BrN7O4/c1-34-20-18(36-10-2-6-31-8-11-35-12-9-31)4-3-16-19(20)29-24(32-7-5-27-22(16)32)30-23(33)15-13-17(25)21(26)28-14-15/h3-4,13-14H,2,5-12H2,1H3,(H2,26,28)(H,29,30,33). The van der Waals surface area contributed by atoms with Crippen LogP contribution in [-0.2, 0) is 4.74 Å². The first-order chi connectivity index (χ1) is 17.5. The van der Waals surface area contributed by atoms with Gasteiger partial charge >= 0.3 is 0 Å². The minimum Gasteiger partial charge on any atom is -0.491 e. The summed E-state index contributed by atoms with van der Waals surface area (Å²) in [5.41, 5.74) is 7.52. The number of nitrogen functional groups attached to an aromatic ring is 1. The number of benzene rings is 1. The van der Waals surface area contributed by atoms with E-state index in [1.165, 1.54) is 6.20 Å². The quantitative estimate of drug-likeness (QED) is 0.495. The van der Waals surface area contributed by atoms with E-state index < -0.39 is 0 Å². The number of carbonyl (C=O) groups is 1. The molecule has 3 aliphatic heterocycles. The van der Waals surface area contributed by atoms with Gasteiger partial charge in [0.1, 0.15) is 17.3 Å². The highest BCUT2D eigenvalue weighted by Gasteiger charge is 2.33. The molecule has 2 aromatic rings. The lowest BCUT2D eigenvalue weighted by atomic mass is 10.1. The number of nitrogens with two attached hydrogens (primary N) is 1. The Morgan fingerprint density at radius 3 is 2.89 bits per heavy atom. The number of ether oxygens (including phenoxy) is 3. The normalized spacial score (nSPS) is 17.1. The number of amides is 1. The third-order valence-corrected chi connectivity index (χ3v) is 6.83. The number of fused-ring (bicyclic) bond motifs is 3. The zero-order valence-corrected chi connectivity index (χ0v) is 21.6. The highest BCUT2D eigenvalue weighted by molar-refractivity contribution is 9.10. The topological polar surface area (TPSA) is 127 Å². The zero-order chi connectivity index (χ0) is 25.1. The summed E-state index contributed by atoms with van der Waals surface area (Å²) in [4.78, 5) is 30.7. The smallest absolute Gasteiger partial charge is 0.259 e. The van der Waals surface area contributed by atoms with Crippen LogP contribution in [0, 0.1) is 0 Å². The minimum absolute atomic E-state index is 0.312. The second kappa shape index (κ2) is 10.8. The van der Waals surface area contributed by atoms with Crippen molar-refractivity contribution in [3.8, 4) is 11.5 Å². The van der Waals surface area contributed by atoms with Crippen molar-refractivity contribution in [2.24, 2.45) is 9.98 Å². The van der Waals surface area contributed by atoms with E-state index in [0.717, 1.165) is 50.7 Å². The van der Waals surface area contributed by atoms with E-state index in [4.69, 9.17) is 24.9 Å². The predicted molar refractivity (Wildman–Crippen MR) is 139 cm³/mol. The van der Waals surface area contributed by atoms with Crippen LogP contribution >= 0.6 is 15.9 Å². The van der Waals surface area contributed by atoms with Gasteiger partial charge in [-0.1, -0.05) is 0 Å². The average molecular weight is 558 g/mol. The molecular weight excluding hydrogens is 530 g/mol. The van der Waals surface area contributed by atoms with Gasteiger partial charge in [-0.3, -0.25) is 24.9 Å². The van der Waals surface area contributed by atoms with Crippen molar-refractivity contribution in [2.75, 3.05) is 65.4 Å². The molecule has 12 heteroatoms. The molecule has 0 atom stereocenters. The van der Waals surface area contributed by atoms with E-state index in [9.17, 15) is 4.79 Å². The molecule has 3 N–H and O–H groups in total. The maximum absolute atomic E-state index is 13.0. The van der Waals surface area contributed by atoms with Crippen LogP contribution in [-0.4, -0.2) is 92.1 Å². The summed E-state index contributed by atoms with van der Waals surface area (Å²) in [5, 5.41) is 2.90. The first kappa shape index (κ1) is 24.5. The number of nitrogens with one attached hydrogen (secondary N) is 1. The number of halogens is 1. The summed E-state index contributed by atoms with van der Waals surface area (Å²) in [6, 6.07) is 5.45. The number of hydrogen-bond acceptors (Lipinski definition) is 10. The van der Waals surface area contributed by atoms with E-state index in [2.05, 4.69) is 36.1 Å². The summed E-state index contributed by atoms with van der Waals surface area (Å²) in [5.74, 6) is 2.18. The van der Waals surface area contributed by atoms with Gasteiger partial charge in [0.25, 0.3) is 5.91 Å². The fourth-order valence-electron chi connectivity index (χ4n) is 4.34. The summed E-state index contributed by atoms with van der Waals surface area (Å²) in [6.07, 6.45) is 2.31. The Kier molecular flexibility index (Phi) is 7.35. The van der Waals surface area contributed by atoms with E-state index in [-0.39, 0.29) is 5.91 Å². The van der Waals surface area contributed by atoms with Crippen LogP contribution in [0.15, 0.2) is 38.9 Å². The molecular formula is C24H28BrN7O4. The number of morpholine rings is 1. The van der Waals surface area contributed by atoms with Gasteiger partial charge in [-0.25, -0.2) is 9.98 Å². The number of methoxy groups -OCH3 is 1. The third kappa shape index (κ3) is 5.01. The van der Waals surface area contributed by atoms with E-state index >= 15 is 0 Å². The molecule has 0 bridgehead atoms. The maximum Gasteiger partial charge on any atom is 0.259 e. The number of rotatable bonds is 7. The van der Waals surface area contributed by atoms with E-state index in [1.54, 1.807) is 13.2 Å². The first-order valence-corrected chi connectivity index (χ1v) is 12.6. The minimum atomic E-state index is -0.355. The van der Waals surface area contributed by atoms with Crippen LogP contribution in [0.25, 0.3) is 0 Å². The highest BCUT2D eigenvalue weighted by Crippen LogP contribution is 2.43. The molecule has 1 aromatic heterocycles. The molecule has 1 saturated heterocycles. The molecule has 0 radical (unpaired) electrons. The molecule has 1 aromatic carbocycles. The van der Waals surface area contributed by atoms with Crippen LogP contribution < -0.4 is 20.5 Å². The first-order valence-electron chi connectivity index (χ1n) is 11.8. The van der Waals surface area contributed by atoms with Gasteiger partial charge in [-0.05, 0) is 40.5 Å². The highest BCUT2D eigenvalue weighted by atomic mass is 79.9. The second-order valence-electron chi connectivity index (χ2n) is 8.49. The fourth-order valence-corrected chi connectivity index (χ4v) is 4.69. The number of pyridine rings is 1. The van der Waals surface area contributed by atoms with Crippen molar-refractivity contribution in [1.29, 1.82) is 0 Å². The molecule has 0 spiro atoms. The summed E-state index contributed by atoms with van der Waals surface area (Å²) < 4.78 is 17.8. The van der Waals surface area contributed by atoms with Crippen molar-refractivity contribution in [3.63, 3.8) is 0 Å². The van der Waals surface area contributed by atoms with Gasteiger partial charge in [-0.15, -0.1) is 0 Å². The molecule has 190 valence electrons. The van der Waals surface area contributed by atoms with Crippen molar-refractivity contribution in [1.82, 2.24) is 20.1 Å². The lowest BCUT2D eigenvalue weighted by molar-refractivity contribution is 0.0357. The molecule has 0 aliphatic carbocycles. The lowest BCUT2D eigenvalue weighted by Gasteiger charge is -2.29. The third-order valence-electron chi connectivity index (χ3n) is 6.19. The number of carbonyl (C=O) groups excluding carboxylic acids is 1. The van der Waals surface area contributed by atoms with Crippen LogP contribution in [0.2, 0.25) is 0 Å². The Morgan fingerprint density at radius 2 is 2.11 bits per heavy atom. The number of guanidine groups is 1. The summed E-state index contributed by atoms with van der Waals surface area (Å²) >= 11 is 3.32. The predicted octanol–water partition coefficient (Wildman–Crippen LogP) is 2.03. The van der Waals surface area contributed by atoms with Gasteiger partial charge in [0.2, 0.25) is 5.96 Å². The molecule has 11 nitrogen and oxygen atoms in total. The van der Waals surface area contributed by atoms with Gasteiger partial charge in [0.15, 0.2) is 11.5 Å². The Hall–Kier alpha value is -3.22. The van der Waals surface area contributed by atoms with Gasteiger partial charge in [-0.2, -0.15) is 0 Å². The van der Waals surface area contributed by atoms with Crippen molar-refractivity contribution < 1.29 is 19.0 Å². The number of aliphatic imine (C=N–C) groups is 2. The molecule has 36 heavy (non-hydrogen) atoms. The number of amidine groups is 1. The number of nitrogens with zero attached hydrogens (tertiary/aromatic N) is 5. The average Bonchev–Trinajstić information content (AvgIpc) is 3.39. The Balaban J connectivity index is 1.36. The zero-order valence-electron chi connectivity index (χ0n) is 20.0. The lowest BCUT2D eigenvalue weighted by Crippen LogP contribution is -2.47. The Bertz CT molecular complexity index is 1210. The van der Waals surface area contributed by atoms with Crippen molar-refractivity contribution in [3.05, 3.63) is 40.0 Å². The number of aromatic nitrogens is 1. The van der Waals surface area contributed by atoms with Crippen molar-refractivity contribution in [2.45, 2.75) is 6.42 Å². The van der Waals surface area contributed by atoms with Crippen molar-refractivity contribution >= 4 is 45.1 Å². The SMILES string of the molecule is COc1c(OCCCN2CCOCC2)ccc2c1N=C(NC(=O)c1cnc(N)c(Br)c1)N1CCN=C21. The van der Waals surface area contributed by atoms with Crippen LogP contribution in [0.3, 0.4) is 0 Å². The monoisotopic (exact) mass is 557 g/mol. The molecule has 5 rings (SSSR count). The van der Waals surface area contributed by atoms with Gasteiger partial charge in [0.05, 0.1) is 43.5 Å². The van der Waals surface area contributed by atoms with Gasteiger partial charge < -0.3 is 19.9 Å². The summed E-state index contributed by atoms with van der Waals surface area (Å²) in [6.45, 7) is 6.17. The Labute approximate surface area is 217 Å². The molecule has 3 aliphatic rings. The molecule has 0 unspecified atom stereocenters.